The van der Waals surface area contributed by atoms with E-state index in [1.54, 1.807) is 12.1 Å². The van der Waals surface area contributed by atoms with Crippen molar-refractivity contribution in [3.05, 3.63) is 29.6 Å². The highest BCUT2D eigenvalue weighted by molar-refractivity contribution is 5.94. The first kappa shape index (κ1) is 16.2. The number of rotatable bonds is 6. The van der Waals surface area contributed by atoms with Crippen LogP contribution in [-0.2, 0) is 4.74 Å². The van der Waals surface area contributed by atoms with Crippen LogP contribution in [0.4, 0.5) is 10.1 Å². The first-order valence-corrected chi connectivity index (χ1v) is 8.23. The lowest BCUT2D eigenvalue weighted by Gasteiger charge is -2.29. The number of nitrogens with zero attached hydrogens (tertiary/aromatic N) is 1. The summed E-state index contributed by atoms with van der Waals surface area (Å²) < 4.78 is 19.6. The Morgan fingerprint density at radius 2 is 2.13 bits per heavy atom. The molecule has 3 rings (SSSR count). The zero-order chi connectivity index (χ0) is 16.2. The highest BCUT2D eigenvalue weighted by atomic mass is 19.1. The van der Waals surface area contributed by atoms with E-state index in [0.717, 1.165) is 12.8 Å². The van der Waals surface area contributed by atoms with Gasteiger partial charge in [0.25, 0.3) is 5.91 Å². The molecule has 126 valence electrons. The van der Waals surface area contributed by atoms with E-state index in [9.17, 15) is 9.18 Å². The van der Waals surface area contributed by atoms with E-state index in [4.69, 9.17) is 9.84 Å². The van der Waals surface area contributed by atoms with Crippen molar-refractivity contribution in [2.24, 2.45) is 5.92 Å². The number of amides is 1. The van der Waals surface area contributed by atoms with Gasteiger partial charge in [-0.3, -0.25) is 4.79 Å². The maximum absolute atomic E-state index is 14.3. The number of ether oxygens (including phenoxy) is 1. The third-order valence-electron chi connectivity index (χ3n) is 4.51. The average molecular weight is 322 g/mol. The van der Waals surface area contributed by atoms with Gasteiger partial charge in [-0.15, -0.1) is 0 Å². The van der Waals surface area contributed by atoms with Crippen LogP contribution in [-0.4, -0.2) is 50.0 Å². The fourth-order valence-corrected chi connectivity index (χ4v) is 3.02. The van der Waals surface area contributed by atoms with Gasteiger partial charge in [-0.2, -0.15) is 0 Å². The first-order chi connectivity index (χ1) is 11.2. The lowest BCUT2D eigenvalue weighted by atomic mass is 10.1. The zero-order valence-electron chi connectivity index (χ0n) is 13.1. The molecule has 0 aromatic heterocycles. The number of halogens is 1. The Labute approximate surface area is 135 Å². The second kappa shape index (κ2) is 7.27. The molecule has 2 fully saturated rings. The van der Waals surface area contributed by atoms with Gasteiger partial charge in [0.05, 0.1) is 18.9 Å². The predicted molar refractivity (Wildman–Crippen MR) is 85.1 cm³/mol. The lowest BCUT2D eigenvalue weighted by Crippen LogP contribution is -2.38. The summed E-state index contributed by atoms with van der Waals surface area (Å²) in [7, 11) is 0. The molecule has 1 aliphatic heterocycles. The van der Waals surface area contributed by atoms with Gasteiger partial charge in [0.15, 0.2) is 0 Å². The normalized spacial score (nSPS) is 19.5. The van der Waals surface area contributed by atoms with Crippen LogP contribution >= 0.6 is 0 Å². The monoisotopic (exact) mass is 322 g/mol. The number of carbonyl (C=O) groups is 1. The van der Waals surface area contributed by atoms with Crippen LogP contribution in [0.3, 0.4) is 0 Å². The van der Waals surface area contributed by atoms with E-state index < -0.39 is 0 Å². The second-order valence-corrected chi connectivity index (χ2v) is 6.20. The van der Waals surface area contributed by atoms with Crippen molar-refractivity contribution in [1.29, 1.82) is 0 Å². The summed E-state index contributed by atoms with van der Waals surface area (Å²) >= 11 is 0. The van der Waals surface area contributed by atoms with Crippen molar-refractivity contribution in [3.8, 4) is 0 Å². The largest absolute Gasteiger partial charge is 0.396 e. The number of anilines is 1. The molecule has 1 saturated carbocycles. The van der Waals surface area contributed by atoms with Gasteiger partial charge in [0.1, 0.15) is 5.82 Å². The number of benzene rings is 1. The van der Waals surface area contributed by atoms with Crippen molar-refractivity contribution in [3.63, 3.8) is 0 Å². The van der Waals surface area contributed by atoms with E-state index in [-0.39, 0.29) is 24.4 Å². The molecule has 1 heterocycles. The zero-order valence-corrected chi connectivity index (χ0v) is 13.1. The molecular weight excluding hydrogens is 299 g/mol. The molecule has 0 radical (unpaired) electrons. The van der Waals surface area contributed by atoms with Crippen molar-refractivity contribution in [1.82, 2.24) is 5.32 Å². The summed E-state index contributed by atoms with van der Waals surface area (Å²) in [4.78, 5) is 14.2. The minimum Gasteiger partial charge on any atom is -0.396 e. The molecule has 0 bridgehead atoms. The van der Waals surface area contributed by atoms with Crippen molar-refractivity contribution >= 4 is 11.6 Å². The summed E-state index contributed by atoms with van der Waals surface area (Å²) in [5, 5.41) is 12.0. The number of aliphatic hydroxyl groups excluding tert-OH is 1. The predicted octanol–water partition coefficient (Wildman–Crippen LogP) is 1.55. The summed E-state index contributed by atoms with van der Waals surface area (Å²) in [5.41, 5.74) is 0.835. The van der Waals surface area contributed by atoms with Crippen molar-refractivity contribution in [2.75, 3.05) is 37.8 Å². The standard InChI is InChI=1S/C17H23FN2O3/c18-14-11-13(3-4-16(14)20-6-9-23-10-7-20)17(22)19-15(5-8-21)12-1-2-12/h3-4,11-12,15,21H,1-2,5-10H2,(H,19,22). The maximum Gasteiger partial charge on any atom is 0.251 e. The third kappa shape index (κ3) is 4.00. The minimum atomic E-state index is -0.385. The maximum atomic E-state index is 14.3. The van der Waals surface area contributed by atoms with Crippen LogP contribution in [0.2, 0.25) is 0 Å². The Balaban J connectivity index is 1.67. The molecule has 1 aromatic carbocycles. The lowest BCUT2D eigenvalue weighted by molar-refractivity contribution is 0.0923. The van der Waals surface area contributed by atoms with Crippen LogP contribution in [0, 0.1) is 11.7 Å². The van der Waals surface area contributed by atoms with Crippen LogP contribution in [0.15, 0.2) is 18.2 Å². The van der Waals surface area contributed by atoms with Gasteiger partial charge in [-0.25, -0.2) is 4.39 Å². The molecule has 1 saturated heterocycles. The summed E-state index contributed by atoms with van der Waals surface area (Å²) in [5.74, 6) is -0.212. The molecule has 1 aliphatic carbocycles. The van der Waals surface area contributed by atoms with Gasteiger partial charge in [-0.1, -0.05) is 0 Å². The van der Waals surface area contributed by atoms with Crippen molar-refractivity contribution < 1.29 is 19.0 Å². The molecule has 1 unspecified atom stereocenters. The molecule has 1 aromatic rings. The van der Waals surface area contributed by atoms with Gasteiger partial charge >= 0.3 is 0 Å². The Morgan fingerprint density at radius 1 is 1.39 bits per heavy atom. The highest BCUT2D eigenvalue weighted by Gasteiger charge is 2.32. The molecule has 1 atom stereocenters. The third-order valence-corrected chi connectivity index (χ3v) is 4.51. The van der Waals surface area contributed by atoms with E-state index in [0.29, 0.717) is 49.9 Å². The molecule has 5 nitrogen and oxygen atoms in total. The number of carbonyl (C=O) groups excluding carboxylic acids is 1. The molecular formula is C17H23FN2O3. The number of nitrogens with one attached hydrogen (secondary N) is 1. The smallest absolute Gasteiger partial charge is 0.251 e. The molecule has 2 N–H and O–H groups in total. The molecule has 6 heteroatoms. The van der Waals surface area contributed by atoms with Gasteiger partial charge in [-0.05, 0) is 43.4 Å². The SMILES string of the molecule is O=C(NC(CCO)C1CC1)c1ccc(N2CCOCC2)c(F)c1. The van der Waals surface area contributed by atoms with E-state index in [1.807, 2.05) is 4.90 Å². The highest BCUT2D eigenvalue weighted by Crippen LogP contribution is 2.34. The number of hydrogen-bond donors (Lipinski definition) is 2. The van der Waals surface area contributed by atoms with E-state index in [2.05, 4.69) is 5.32 Å². The van der Waals surface area contributed by atoms with E-state index >= 15 is 0 Å². The fraction of sp³-hybridized carbons (Fsp3) is 0.588. The van der Waals surface area contributed by atoms with Crippen LogP contribution < -0.4 is 10.2 Å². The molecule has 1 amide bonds. The van der Waals surface area contributed by atoms with Gasteiger partial charge < -0.3 is 20.1 Å². The van der Waals surface area contributed by atoms with Crippen molar-refractivity contribution in [2.45, 2.75) is 25.3 Å². The van der Waals surface area contributed by atoms with Crippen LogP contribution in [0.25, 0.3) is 0 Å². The molecule has 23 heavy (non-hydrogen) atoms. The summed E-state index contributed by atoms with van der Waals surface area (Å²) in [6.07, 6.45) is 2.70. The Kier molecular flexibility index (Phi) is 5.13. The topological polar surface area (TPSA) is 61.8 Å². The Bertz CT molecular complexity index is 557. The Morgan fingerprint density at radius 3 is 2.74 bits per heavy atom. The van der Waals surface area contributed by atoms with Crippen LogP contribution in [0.1, 0.15) is 29.6 Å². The molecule has 2 aliphatic rings. The van der Waals surface area contributed by atoms with Gasteiger partial charge in [0.2, 0.25) is 0 Å². The van der Waals surface area contributed by atoms with Crippen LogP contribution in [0.5, 0.6) is 0 Å². The number of hydrogen-bond acceptors (Lipinski definition) is 4. The number of aliphatic hydroxyl groups is 1. The Hall–Kier alpha value is -1.66. The van der Waals surface area contributed by atoms with Gasteiger partial charge in [0, 0.05) is 31.3 Å². The second-order valence-electron chi connectivity index (χ2n) is 6.20. The average Bonchev–Trinajstić information content (AvgIpc) is 3.40. The first-order valence-electron chi connectivity index (χ1n) is 8.23. The fourth-order valence-electron chi connectivity index (χ4n) is 3.02. The number of morpholine rings is 1. The summed E-state index contributed by atoms with van der Waals surface area (Å²) in [6, 6.07) is 4.59. The minimum absolute atomic E-state index is 0.0190. The summed E-state index contributed by atoms with van der Waals surface area (Å²) in [6.45, 7) is 2.54. The quantitative estimate of drug-likeness (QED) is 0.834. The molecule has 0 spiro atoms. The van der Waals surface area contributed by atoms with E-state index in [1.165, 1.54) is 6.07 Å².